The number of ether oxygens (including phenoxy) is 1. The lowest BCUT2D eigenvalue weighted by molar-refractivity contribution is -0.139. The molecular formula is C21H23N3O4. The number of carboxylic acids is 1. The Labute approximate surface area is 163 Å². The van der Waals surface area contributed by atoms with Crippen LogP contribution in [0.5, 0.6) is 5.75 Å². The predicted octanol–water partition coefficient (Wildman–Crippen LogP) is 2.44. The summed E-state index contributed by atoms with van der Waals surface area (Å²) in [5, 5.41) is 12.8. The maximum Gasteiger partial charge on any atom is 0.341 e. The van der Waals surface area contributed by atoms with Gasteiger partial charge in [0.25, 0.3) is 5.91 Å². The van der Waals surface area contributed by atoms with Gasteiger partial charge in [0.05, 0.1) is 12.3 Å². The van der Waals surface area contributed by atoms with Crippen LogP contribution in [-0.4, -0.2) is 42.4 Å². The van der Waals surface area contributed by atoms with Gasteiger partial charge in [-0.15, -0.1) is 0 Å². The van der Waals surface area contributed by atoms with Gasteiger partial charge in [0.2, 0.25) is 0 Å². The van der Waals surface area contributed by atoms with E-state index in [1.54, 1.807) is 31.2 Å². The van der Waals surface area contributed by atoms with Crippen molar-refractivity contribution in [2.24, 2.45) is 5.10 Å². The molecule has 0 atom stereocenters. The Balaban J connectivity index is 1.56. The van der Waals surface area contributed by atoms with Crippen molar-refractivity contribution >= 4 is 23.3 Å². The third-order valence-corrected chi connectivity index (χ3v) is 4.52. The number of rotatable bonds is 7. The molecule has 1 amide bonds. The molecule has 1 aliphatic heterocycles. The Hall–Kier alpha value is -3.35. The Morgan fingerprint density at radius 2 is 1.93 bits per heavy atom. The van der Waals surface area contributed by atoms with Gasteiger partial charge in [-0.25, -0.2) is 10.2 Å². The topological polar surface area (TPSA) is 91.2 Å². The zero-order valence-corrected chi connectivity index (χ0v) is 15.7. The highest BCUT2D eigenvalue weighted by Crippen LogP contribution is 2.26. The van der Waals surface area contributed by atoms with Gasteiger partial charge >= 0.3 is 5.97 Å². The normalized spacial score (nSPS) is 13.6. The van der Waals surface area contributed by atoms with Gasteiger partial charge in [-0.2, -0.15) is 5.10 Å². The van der Waals surface area contributed by atoms with Crippen LogP contribution in [0.4, 0.5) is 5.69 Å². The molecule has 0 spiro atoms. The highest BCUT2D eigenvalue weighted by atomic mass is 16.5. The van der Waals surface area contributed by atoms with Crippen LogP contribution in [0.2, 0.25) is 0 Å². The van der Waals surface area contributed by atoms with E-state index in [9.17, 15) is 9.59 Å². The van der Waals surface area contributed by atoms with Gasteiger partial charge in [0, 0.05) is 12.2 Å². The minimum Gasteiger partial charge on any atom is -0.482 e. The fourth-order valence-electron chi connectivity index (χ4n) is 3.13. The van der Waals surface area contributed by atoms with Gasteiger partial charge in [0.15, 0.2) is 6.61 Å². The van der Waals surface area contributed by atoms with E-state index in [0.717, 1.165) is 30.6 Å². The molecule has 0 aliphatic carbocycles. The number of fused-ring (bicyclic) bond motifs is 1. The van der Waals surface area contributed by atoms with Crippen molar-refractivity contribution in [2.45, 2.75) is 19.8 Å². The smallest absolute Gasteiger partial charge is 0.341 e. The lowest BCUT2D eigenvalue weighted by Gasteiger charge is -2.30. The first-order chi connectivity index (χ1) is 13.5. The Kier molecular flexibility index (Phi) is 6.26. The van der Waals surface area contributed by atoms with Crippen molar-refractivity contribution in [2.75, 3.05) is 24.6 Å². The molecule has 2 N–H and O–H groups in total. The van der Waals surface area contributed by atoms with E-state index in [1.807, 2.05) is 18.2 Å². The van der Waals surface area contributed by atoms with Crippen LogP contribution < -0.4 is 15.1 Å². The van der Waals surface area contributed by atoms with Gasteiger partial charge in [-0.3, -0.25) is 4.79 Å². The molecule has 1 aliphatic rings. The van der Waals surface area contributed by atoms with E-state index >= 15 is 0 Å². The van der Waals surface area contributed by atoms with Crippen molar-refractivity contribution in [1.82, 2.24) is 5.43 Å². The molecule has 0 fully saturated rings. The zero-order chi connectivity index (χ0) is 19.9. The molecule has 0 unspecified atom stereocenters. The molecule has 28 heavy (non-hydrogen) atoms. The lowest BCUT2D eigenvalue weighted by Crippen LogP contribution is -2.38. The van der Waals surface area contributed by atoms with E-state index in [1.165, 1.54) is 5.56 Å². The standard InChI is InChI=1S/C21H23N3O4/c1-15(16-8-10-18(11-9-16)28-14-21(26)27)22-23-20(25)13-24-12-4-6-17-5-2-3-7-19(17)24/h2-3,5,7-11H,4,6,12-14H2,1H3,(H,23,25)(H,26,27)/b22-15-. The number of hydrogen-bond acceptors (Lipinski definition) is 5. The number of para-hydroxylation sites is 1. The number of nitrogens with one attached hydrogen (secondary N) is 1. The number of carbonyl (C=O) groups is 2. The Morgan fingerprint density at radius 3 is 2.68 bits per heavy atom. The largest absolute Gasteiger partial charge is 0.482 e. The highest BCUT2D eigenvalue weighted by Gasteiger charge is 2.18. The SMILES string of the molecule is C/C(=N/NC(=O)CN1CCCc2ccccc21)c1ccc(OCC(=O)O)cc1. The van der Waals surface area contributed by atoms with Crippen molar-refractivity contribution in [3.05, 3.63) is 59.7 Å². The van der Waals surface area contributed by atoms with Crippen LogP contribution >= 0.6 is 0 Å². The average Bonchev–Trinajstić information content (AvgIpc) is 2.71. The van der Waals surface area contributed by atoms with Crippen LogP contribution in [0.3, 0.4) is 0 Å². The van der Waals surface area contributed by atoms with Crippen LogP contribution in [-0.2, 0) is 16.0 Å². The lowest BCUT2D eigenvalue weighted by atomic mass is 10.0. The van der Waals surface area contributed by atoms with E-state index in [4.69, 9.17) is 9.84 Å². The number of hydrazone groups is 1. The number of benzene rings is 2. The number of aliphatic carboxylic acids is 1. The number of carboxylic acid groups (broad SMARTS) is 1. The summed E-state index contributed by atoms with van der Waals surface area (Å²) in [5.74, 6) is -0.731. The summed E-state index contributed by atoms with van der Waals surface area (Å²) < 4.78 is 5.10. The summed E-state index contributed by atoms with van der Waals surface area (Å²) in [7, 11) is 0. The first-order valence-corrected chi connectivity index (χ1v) is 9.14. The van der Waals surface area contributed by atoms with Crippen LogP contribution in [0.25, 0.3) is 0 Å². The molecule has 2 aromatic rings. The van der Waals surface area contributed by atoms with Crippen molar-refractivity contribution in [1.29, 1.82) is 0 Å². The van der Waals surface area contributed by atoms with Gasteiger partial charge in [-0.05, 0) is 61.2 Å². The fraction of sp³-hybridized carbons (Fsp3) is 0.286. The highest BCUT2D eigenvalue weighted by molar-refractivity contribution is 5.99. The minimum absolute atomic E-state index is 0.169. The summed E-state index contributed by atoms with van der Waals surface area (Å²) >= 11 is 0. The predicted molar refractivity (Wildman–Crippen MR) is 107 cm³/mol. The number of aryl methyl sites for hydroxylation is 1. The molecule has 0 bridgehead atoms. The number of amides is 1. The summed E-state index contributed by atoms with van der Waals surface area (Å²) in [4.78, 5) is 24.9. The van der Waals surface area contributed by atoms with Crippen molar-refractivity contribution in [3.63, 3.8) is 0 Å². The van der Waals surface area contributed by atoms with Gasteiger partial charge < -0.3 is 14.7 Å². The molecule has 1 heterocycles. The first-order valence-electron chi connectivity index (χ1n) is 9.14. The molecule has 0 aromatic heterocycles. The second-order valence-corrected chi connectivity index (χ2v) is 6.59. The molecule has 0 radical (unpaired) electrons. The molecule has 0 saturated heterocycles. The molecule has 7 nitrogen and oxygen atoms in total. The molecule has 7 heteroatoms. The molecule has 3 rings (SSSR count). The molecule has 146 valence electrons. The quantitative estimate of drug-likeness (QED) is 0.568. The Morgan fingerprint density at radius 1 is 1.18 bits per heavy atom. The molecular weight excluding hydrogens is 358 g/mol. The van der Waals surface area contributed by atoms with Crippen LogP contribution in [0.15, 0.2) is 53.6 Å². The van der Waals surface area contributed by atoms with Crippen LogP contribution in [0, 0.1) is 0 Å². The molecule has 2 aromatic carbocycles. The second kappa shape index (κ2) is 9.03. The number of anilines is 1. The maximum atomic E-state index is 12.3. The summed E-state index contributed by atoms with van der Waals surface area (Å²) in [6.07, 6.45) is 2.07. The zero-order valence-electron chi connectivity index (χ0n) is 15.7. The first kappa shape index (κ1) is 19.4. The number of hydrogen-bond donors (Lipinski definition) is 2. The monoisotopic (exact) mass is 381 g/mol. The minimum atomic E-state index is -1.03. The Bertz CT molecular complexity index is 877. The average molecular weight is 381 g/mol. The van der Waals surface area contributed by atoms with Crippen molar-refractivity contribution < 1.29 is 19.4 Å². The van der Waals surface area contributed by atoms with E-state index in [0.29, 0.717) is 11.5 Å². The summed E-state index contributed by atoms with van der Waals surface area (Å²) in [6, 6.07) is 15.0. The van der Waals surface area contributed by atoms with Crippen molar-refractivity contribution in [3.8, 4) is 5.75 Å². The fourth-order valence-corrected chi connectivity index (χ4v) is 3.13. The summed E-state index contributed by atoms with van der Waals surface area (Å²) in [6.45, 7) is 2.52. The summed E-state index contributed by atoms with van der Waals surface area (Å²) in [5.41, 5.74) is 6.46. The third kappa shape index (κ3) is 5.09. The number of nitrogens with zero attached hydrogens (tertiary/aromatic N) is 2. The number of carbonyl (C=O) groups excluding carboxylic acids is 1. The van der Waals surface area contributed by atoms with E-state index in [-0.39, 0.29) is 19.1 Å². The third-order valence-electron chi connectivity index (χ3n) is 4.52. The van der Waals surface area contributed by atoms with Crippen LogP contribution in [0.1, 0.15) is 24.5 Å². The van der Waals surface area contributed by atoms with Gasteiger partial charge in [-0.1, -0.05) is 18.2 Å². The maximum absolute atomic E-state index is 12.3. The van der Waals surface area contributed by atoms with Gasteiger partial charge in [0.1, 0.15) is 5.75 Å². The second-order valence-electron chi connectivity index (χ2n) is 6.59. The van der Waals surface area contributed by atoms with E-state index in [2.05, 4.69) is 21.5 Å². The molecule has 0 saturated carbocycles. The van der Waals surface area contributed by atoms with E-state index < -0.39 is 5.97 Å².